The first kappa shape index (κ1) is 25.5. The summed E-state index contributed by atoms with van der Waals surface area (Å²) in [7, 11) is 1.68. The molecule has 5 nitrogen and oxygen atoms in total. The minimum absolute atomic E-state index is 0.243. The first-order valence-electron chi connectivity index (χ1n) is 12.6. The molecule has 6 heteroatoms. The Morgan fingerprint density at radius 2 is 2.06 bits per heavy atom. The van der Waals surface area contributed by atoms with Crippen LogP contribution in [0.2, 0.25) is 0 Å². The van der Waals surface area contributed by atoms with Crippen molar-refractivity contribution in [2.24, 2.45) is 11.8 Å². The molecule has 1 aromatic heterocycles. The summed E-state index contributed by atoms with van der Waals surface area (Å²) in [6, 6.07) is 16.5. The van der Waals surface area contributed by atoms with Gasteiger partial charge in [-0.25, -0.2) is 0 Å². The monoisotopic (exact) mass is 492 g/mol. The minimum Gasteiger partial charge on any atom is -0.497 e. The quantitative estimate of drug-likeness (QED) is 0.259. The Labute approximate surface area is 212 Å². The largest absolute Gasteiger partial charge is 0.497 e. The van der Waals surface area contributed by atoms with Crippen LogP contribution in [0.25, 0.3) is 10.9 Å². The van der Waals surface area contributed by atoms with E-state index in [4.69, 9.17) is 4.74 Å². The molecule has 1 N–H and O–H groups in total. The average molecular weight is 493 g/mol. The molecule has 0 amide bonds. The van der Waals surface area contributed by atoms with Gasteiger partial charge in [-0.3, -0.25) is 9.78 Å². The van der Waals surface area contributed by atoms with Gasteiger partial charge in [0.15, 0.2) is 0 Å². The standard InChI is InChI=1S/C29H36N2O3S/c1-21-7-3-4-10-28(21)35-18-6-16-31-17-14-23(26(20-31)29(32)33)9-5-8-22-13-15-30-27-12-11-24(34-2)19-25(22)27/h3-4,7,10-13,15,19,23,26H,5-6,8-9,14,16-18,20H2,1-2H3,(H,32,33)/t23-,26+/m1/s1. The second kappa shape index (κ2) is 12.4. The first-order chi connectivity index (χ1) is 17.0. The summed E-state index contributed by atoms with van der Waals surface area (Å²) in [6.07, 6.45) is 6.76. The lowest BCUT2D eigenvalue weighted by Gasteiger charge is -2.36. The van der Waals surface area contributed by atoms with Crippen molar-refractivity contribution in [2.45, 2.75) is 43.9 Å². The summed E-state index contributed by atoms with van der Waals surface area (Å²) in [4.78, 5) is 20.3. The van der Waals surface area contributed by atoms with E-state index in [2.05, 4.69) is 47.1 Å². The van der Waals surface area contributed by atoms with Crippen LogP contribution < -0.4 is 4.74 Å². The molecule has 0 saturated carbocycles. The molecule has 0 radical (unpaired) electrons. The lowest BCUT2D eigenvalue weighted by molar-refractivity contribution is -0.146. The summed E-state index contributed by atoms with van der Waals surface area (Å²) in [5.74, 6) is 1.22. The number of likely N-dealkylation sites (tertiary alicyclic amines) is 1. The van der Waals surface area contributed by atoms with Gasteiger partial charge in [0.05, 0.1) is 18.5 Å². The molecule has 1 fully saturated rings. The molecular weight excluding hydrogens is 456 g/mol. The van der Waals surface area contributed by atoms with Crippen molar-refractivity contribution in [1.29, 1.82) is 0 Å². The van der Waals surface area contributed by atoms with E-state index in [0.717, 1.165) is 67.6 Å². The molecule has 1 aliphatic heterocycles. The van der Waals surface area contributed by atoms with Gasteiger partial charge in [-0.1, -0.05) is 18.2 Å². The number of nitrogens with zero attached hydrogens (tertiary/aromatic N) is 2. The van der Waals surface area contributed by atoms with E-state index < -0.39 is 5.97 Å². The van der Waals surface area contributed by atoms with Crippen molar-refractivity contribution >= 4 is 28.6 Å². The van der Waals surface area contributed by atoms with Gasteiger partial charge < -0.3 is 14.7 Å². The lowest BCUT2D eigenvalue weighted by Crippen LogP contribution is -2.44. The van der Waals surface area contributed by atoms with Crippen LogP contribution >= 0.6 is 11.8 Å². The van der Waals surface area contributed by atoms with Gasteiger partial charge in [-0.2, -0.15) is 0 Å². The smallest absolute Gasteiger partial charge is 0.308 e. The van der Waals surface area contributed by atoms with E-state index in [1.54, 1.807) is 7.11 Å². The Kier molecular flexibility index (Phi) is 9.05. The number of hydrogen-bond acceptors (Lipinski definition) is 5. The van der Waals surface area contributed by atoms with Crippen LogP contribution in [0, 0.1) is 18.8 Å². The van der Waals surface area contributed by atoms with Crippen molar-refractivity contribution in [3.8, 4) is 5.75 Å². The number of piperidine rings is 1. The van der Waals surface area contributed by atoms with Crippen LogP contribution in [0.1, 0.15) is 36.8 Å². The highest BCUT2D eigenvalue weighted by atomic mass is 32.2. The van der Waals surface area contributed by atoms with E-state index in [-0.39, 0.29) is 11.8 Å². The van der Waals surface area contributed by atoms with E-state index in [1.165, 1.54) is 16.0 Å². The number of methoxy groups -OCH3 is 1. The second-order valence-corrected chi connectivity index (χ2v) is 10.6. The van der Waals surface area contributed by atoms with Crippen LogP contribution in [-0.2, 0) is 11.2 Å². The molecule has 2 aromatic carbocycles. The Balaban J connectivity index is 1.26. The molecule has 3 aromatic rings. The molecule has 0 aliphatic carbocycles. The predicted molar refractivity (Wildman–Crippen MR) is 143 cm³/mol. The van der Waals surface area contributed by atoms with Gasteiger partial charge in [0.25, 0.3) is 0 Å². The summed E-state index contributed by atoms with van der Waals surface area (Å²) in [5, 5.41) is 11.1. The minimum atomic E-state index is -0.645. The lowest BCUT2D eigenvalue weighted by atomic mass is 9.81. The van der Waals surface area contributed by atoms with E-state index in [1.807, 2.05) is 36.2 Å². The maximum absolute atomic E-state index is 12.1. The van der Waals surface area contributed by atoms with E-state index >= 15 is 0 Å². The van der Waals surface area contributed by atoms with Crippen LogP contribution in [0.3, 0.4) is 0 Å². The number of carboxylic acid groups (broad SMARTS) is 1. The highest BCUT2D eigenvalue weighted by Gasteiger charge is 2.33. The van der Waals surface area contributed by atoms with Gasteiger partial charge in [0.2, 0.25) is 0 Å². The fraction of sp³-hybridized carbons (Fsp3) is 0.448. The number of fused-ring (bicyclic) bond motifs is 1. The molecule has 35 heavy (non-hydrogen) atoms. The number of thioether (sulfide) groups is 1. The molecule has 186 valence electrons. The Bertz CT molecular complexity index is 1140. The van der Waals surface area contributed by atoms with Crippen molar-refractivity contribution < 1.29 is 14.6 Å². The number of benzene rings is 2. The number of aromatic nitrogens is 1. The van der Waals surface area contributed by atoms with Gasteiger partial charge >= 0.3 is 5.97 Å². The average Bonchev–Trinajstić information content (AvgIpc) is 2.88. The zero-order valence-corrected chi connectivity index (χ0v) is 21.6. The van der Waals surface area contributed by atoms with Crippen LogP contribution in [0.4, 0.5) is 0 Å². The highest BCUT2D eigenvalue weighted by molar-refractivity contribution is 7.99. The maximum Gasteiger partial charge on any atom is 0.308 e. The van der Waals surface area contributed by atoms with Gasteiger partial charge in [0, 0.05) is 23.0 Å². The Hall–Kier alpha value is -2.57. The van der Waals surface area contributed by atoms with Gasteiger partial charge in [0.1, 0.15) is 5.75 Å². The number of aryl methyl sites for hydroxylation is 2. The predicted octanol–water partition coefficient (Wildman–Crippen LogP) is 6.08. The number of aliphatic carboxylic acids is 1. The number of carboxylic acids is 1. The molecule has 0 unspecified atom stereocenters. The zero-order valence-electron chi connectivity index (χ0n) is 20.8. The SMILES string of the molecule is COc1ccc2nccc(CCC[C@@H]3CCN(CCCSc4ccccc4C)C[C@@H]3C(=O)O)c2c1. The number of hydrogen-bond donors (Lipinski definition) is 1. The molecule has 1 aliphatic rings. The van der Waals surface area contributed by atoms with E-state index in [9.17, 15) is 9.90 Å². The summed E-state index contributed by atoms with van der Waals surface area (Å²) < 4.78 is 5.39. The fourth-order valence-electron chi connectivity index (χ4n) is 5.17. The first-order valence-corrected chi connectivity index (χ1v) is 13.6. The van der Waals surface area contributed by atoms with Crippen molar-refractivity contribution in [1.82, 2.24) is 9.88 Å². The maximum atomic E-state index is 12.1. The Morgan fingerprint density at radius 1 is 1.20 bits per heavy atom. The highest BCUT2D eigenvalue weighted by Crippen LogP contribution is 2.30. The summed E-state index contributed by atoms with van der Waals surface area (Å²) >= 11 is 1.90. The molecular formula is C29H36N2O3S. The third-order valence-electron chi connectivity index (χ3n) is 7.19. The summed E-state index contributed by atoms with van der Waals surface area (Å²) in [6.45, 7) is 4.79. The Morgan fingerprint density at radius 3 is 2.86 bits per heavy atom. The molecule has 0 spiro atoms. The third-order valence-corrected chi connectivity index (χ3v) is 8.45. The normalized spacial score (nSPS) is 18.6. The van der Waals surface area contributed by atoms with Crippen molar-refractivity contribution in [2.75, 3.05) is 32.5 Å². The molecule has 1 saturated heterocycles. The van der Waals surface area contributed by atoms with Crippen LogP contribution in [-0.4, -0.2) is 53.5 Å². The number of rotatable bonds is 11. The third kappa shape index (κ3) is 6.77. The number of ether oxygens (including phenoxy) is 1. The second-order valence-electron chi connectivity index (χ2n) is 9.51. The molecule has 2 heterocycles. The summed E-state index contributed by atoms with van der Waals surface area (Å²) in [5.41, 5.74) is 3.55. The van der Waals surface area contributed by atoms with Crippen molar-refractivity contribution in [3.63, 3.8) is 0 Å². The molecule has 4 rings (SSSR count). The van der Waals surface area contributed by atoms with Crippen LogP contribution in [0.15, 0.2) is 59.6 Å². The number of pyridine rings is 1. The van der Waals surface area contributed by atoms with Gasteiger partial charge in [-0.05, 0) is 105 Å². The van der Waals surface area contributed by atoms with Crippen LogP contribution in [0.5, 0.6) is 5.75 Å². The van der Waals surface area contributed by atoms with E-state index in [0.29, 0.717) is 6.54 Å². The fourth-order valence-corrected chi connectivity index (χ4v) is 6.13. The topological polar surface area (TPSA) is 62.7 Å². The zero-order chi connectivity index (χ0) is 24.6. The molecule has 0 bridgehead atoms. The van der Waals surface area contributed by atoms with Gasteiger partial charge in [-0.15, -0.1) is 11.8 Å². The van der Waals surface area contributed by atoms with Crippen molar-refractivity contribution in [3.05, 3.63) is 65.9 Å². The molecule has 2 atom stereocenters. The number of carbonyl (C=O) groups is 1.